The van der Waals surface area contributed by atoms with Crippen molar-refractivity contribution in [2.75, 3.05) is 0 Å². The first-order valence-corrected chi connectivity index (χ1v) is 3.89. The van der Waals surface area contributed by atoms with Crippen molar-refractivity contribution in [2.45, 2.75) is 23.1 Å². The van der Waals surface area contributed by atoms with E-state index < -0.39 is 40.8 Å². The zero-order valence-corrected chi connectivity index (χ0v) is 6.65. The lowest BCUT2D eigenvalue weighted by molar-refractivity contribution is -0.218. The summed E-state index contributed by atoms with van der Waals surface area (Å²) >= 11 is -1.23. The number of halogens is 7. The van der Waals surface area contributed by atoms with Crippen molar-refractivity contribution in [1.29, 1.82) is 0 Å². The quantitative estimate of drug-likeness (QED) is 0.572. The molecule has 0 aliphatic carbocycles. The first-order valence-electron chi connectivity index (χ1n) is 3.07. The minimum absolute atomic E-state index is 1.23. The number of thioether (sulfide) groups is 1. The van der Waals surface area contributed by atoms with Gasteiger partial charge < -0.3 is 0 Å². The molecule has 13 heavy (non-hydrogen) atoms. The van der Waals surface area contributed by atoms with Gasteiger partial charge in [-0.1, -0.05) is 0 Å². The molecule has 1 heterocycles. The predicted molar refractivity (Wildman–Crippen MR) is 31.6 cm³/mol. The molecule has 1 aliphatic heterocycles. The molecule has 1 unspecified atom stereocenters. The summed E-state index contributed by atoms with van der Waals surface area (Å²) in [6.45, 7) is 0. The molecule has 1 saturated heterocycles. The summed E-state index contributed by atoms with van der Waals surface area (Å²) < 4.78 is 84.5. The van der Waals surface area contributed by atoms with Crippen LogP contribution in [0.2, 0.25) is 0 Å². The lowest BCUT2D eigenvalue weighted by Crippen LogP contribution is -2.33. The maximum absolute atomic E-state index is 12.4. The standard InChI is InChI=1S/C5H3F7S/c6-3(7)1-2(4(8,9)10)5(11,12)13-3/h2H,1H2. The fourth-order valence-electron chi connectivity index (χ4n) is 0.975. The van der Waals surface area contributed by atoms with Gasteiger partial charge in [0.15, 0.2) is 0 Å². The van der Waals surface area contributed by atoms with Crippen LogP contribution in [0, 0.1) is 5.92 Å². The second-order valence-electron chi connectivity index (χ2n) is 2.60. The Hall–Kier alpha value is -0.140. The smallest absolute Gasteiger partial charge is 0.194 e. The third kappa shape index (κ3) is 2.21. The number of hydrogen-bond donors (Lipinski definition) is 0. The molecule has 1 atom stereocenters. The highest BCUT2D eigenvalue weighted by Crippen LogP contribution is 2.61. The van der Waals surface area contributed by atoms with E-state index in [9.17, 15) is 30.7 Å². The van der Waals surface area contributed by atoms with Crippen LogP contribution >= 0.6 is 11.8 Å². The molecule has 1 fully saturated rings. The predicted octanol–water partition coefficient (Wildman–Crippen LogP) is 3.49. The topological polar surface area (TPSA) is 0 Å². The van der Waals surface area contributed by atoms with Gasteiger partial charge in [-0.15, -0.1) is 0 Å². The monoisotopic (exact) mass is 228 g/mol. The maximum atomic E-state index is 12.4. The molecule has 0 amide bonds. The Kier molecular flexibility index (Phi) is 2.25. The first-order chi connectivity index (χ1) is 5.55. The molecule has 0 aromatic rings. The van der Waals surface area contributed by atoms with Crippen LogP contribution in [0.1, 0.15) is 6.42 Å². The Morgan fingerprint density at radius 2 is 1.54 bits per heavy atom. The van der Waals surface area contributed by atoms with Gasteiger partial charge in [-0.25, -0.2) is 0 Å². The number of rotatable bonds is 0. The molecule has 1 aliphatic rings. The zero-order valence-electron chi connectivity index (χ0n) is 5.84. The lowest BCUT2D eigenvalue weighted by atomic mass is 10.1. The molecule has 0 N–H and O–H groups in total. The van der Waals surface area contributed by atoms with Gasteiger partial charge in [-0.2, -0.15) is 30.7 Å². The Labute approximate surface area is 72.5 Å². The van der Waals surface area contributed by atoms with Crippen molar-refractivity contribution in [2.24, 2.45) is 5.92 Å². The van der Waals surface area contributed by atoms with E-state index in [1.54, 1.807) is 0 Å². The van der Waals surface area contributed by atoms with Gasteiger partial charge in [0, 0.05) is 6.42 Å². The third-order valence-corrected chi connectivity index (χ3v) is 2.55. The molecule has 8 heteroatoms. The highest BCUT2D eigenvalue weighted by Gasteiger charge is 2.68. The van der Waals surface area contributed by atoms with Crippen molar-refractivity contribution < 1.29 is 30.7 Å². The molecule has 1 rings (SSSR count). The van der Waals surface area contributed by atoms with E-state index in [4.69, 9.17) is 0 Å². The van der Waals surface area contributed by atoms with Gasteiger partial charge in [0.2, 0.25) is 0 Å². The largest absolute Gasteiger partial charge is 0.398 e. The van der Waals surface area contributed by atoms with Crippen LogP contribution in [0.25, 0.3) is 0 Å². The van der Waals surface area contributed by atoms with E-state index in [0.29, 0.717) is 0 Å². The Morgan fingerprint density at radius 3 is 1.69 bits per heavy atom. The molecular formula is C5H3F7S. The highest BCUT2D eigenvalue weighted by atomic mass is 32.2. The molecule has 0 spiro atoms. The summed E-state index contributed by atoms with van der Waals surface area (Å²) in [5.74, 6) is -3.25. The van der Waals surface area contributed by atoms with Crippen molar-refractivity contribution in [3.8, 4) is 0 Å². The molecule has 0 aromatic heterocycles. The minimum Gasteiger partial charge on any atom is -0.194 e. The molecular weight excluding hydrogens is 225 g/mol. The van der Waals surface area contributed by atoms with Crippen LogP contribution in [-0.2, 0) is 0 Å². The van der Waals surface area contributed by atoms with Crippen molar-refractivity contribution in [3.05, 3.63) is 0 Å². The average molecular weight is 228 g/mol. The summed E-state index contributed by atoms with van der Waals surface area (Å²) in [6.07, 6.45) is -7.13. The van der Waals surface area contributed by atoms with Gasteiger partial charge in [-0.3, -0.25) is 0 Å². The molecule has 0 radical (unpaired) electrons. The summed E-state index contributed by atoms with van der Waals surface area (Å²) in [5, 5.41) is -8.43. The third-order valence-electron chi connectivity index (χ3n) is 1.53. The molecule has 0 nitrogen and oxygen atoms in total. The second kappa shape index (κ2) is 2.68. The summed E-state index contributed by atoms with van der Waals surface area (Å²) in [4.78, 5) is 0. The zero-order chi connectivity index (χ0) is 10.5. The number of alkyl halides is 7. The maximum Gasteiger partial charge on any atom is 0.398 e. The highest BCUT2D eigenvalue weighted by molar-refractivity contribution is 8.01. The second-order valence-corrected chi connectivity index (χ2v) is 3.95. The minimum atomic E-state index is -5.28. The Balaban J connectivity index is 2.89. The Bertz CT molecular complexity index is 207. The lowest BCUT2D eigenvalue weighted by Gasteiger charge is -2.19. The van der Waals surface area contributed by atoms with Crippen molar-refractivity contribution >= 4 is 11.8 Å². The molecule has 0 saturated carbocycles. The average Bonchev–Trinajstić information content (AvgIpc) is 1.97. The summed E-state index contributed by atoms with van der Waals surface area (Å²) in [5.41, 5.74) is 0. The van der Waals surface area contributed by atoms with Crippen LogP contribution < -0.4 is 0 Å². The van der Waals surface area contributed by atoms with Gasteiger partial charge in [0.1, 0.15) is 5.92 Å². The molecule has 0 bridgehead atoms. The molecule has 78 valence electrons. The van der Waals surface area contributed by atoms with Gasteiger partial charge in [-0.05, 0) is 11.8 Å². The normalized spacial score (nSPS) is 32.1. The van der Waals surface area contributed by atoms with E-state index in [0.717, 1.165) is 0 Å². The van der Waals surface area contributed by atoms with Crippen LogP contribution in [0.5, 0.6) is 0 Å². The number of hydrogen-bond acceptors (Lipinski definition) is 1. The van der Waals surface area contributed by atoms with E-state index in [1.165, 1.54) is 0 Å². The van der Waals surface area contributed by atoms with E-state index in [-0.39, 0.29) is 0 Å². The summed E-state index contributed by atoms with van der Waals surface area (Å²) in [7, 11) is 0. The SMILES string of the molecule is FC1(F)CC(C(F)(F)F)C(F)(F)S1. The van der Waals surface area contributed by atoms with Gasteiger partial charge in [0.05, 0.1) is 0 Å². The van der Waals surface area contributed by atoms with E-state index in [2.05, 4.69) is 0 Å². The summed E-state index contributed by atoms with van der Waals surface area (Å²) in [6, 6.07) is 0. The van der Waals surface area contributed by atoms with Crippen LogP contribution in [0.4, 0.5) is 30.7 Å². The van der Waals surface area contributed by atoms with Crippen molar-refractivity contribution in [3.63, 3.8) is 0 Å². The fraction of sp³-hybridized carbons (Fsp3) is 1.00. The van der Waals surface area contributed by atoms with Gasteiger partial charge in [0.25, 0.3) is 5.25 Å². The fourth-order valence-corrected chi connectivity index (χ4v) is 1.98. The van der Waals surface area contributed by atoms with Crippen molar-refractivity contribution in [1.82, 2.24) is 0 Å². The van der Waals surface area contributed by atoms with Crippen LogP contribution in [0.3, 0.4) is 0 Å². The van der Waals surface area contributed by atoms with E-state index in [1.807, 2.05) is 0 Å². The molecule has 0 aromatic carbocycles. The van der Waals surface area contributed by atoms with Crippen LogP contribution in [-0.4, -0.2) is 16.7 Å². The van der Waals surface area contributed by atoms with Crippen LogP contribution in [0.15, 0.2) is 0 Å². The first kappa shape index (κ1) is 10.9. The van der Waals surface area contributed by atoms with E-state index >= 15 is 0 Å². The Morgan fingerprint density at radius 1 is 1.08 bits per heavy atom. The van der Waals surface area contributed by atoms with Gasteiger partial charge >= 0.3 is 11.4 Å².